The smallest absolute Gasteiger partial charge is 0.213 e. The number of aliphatic imine (C=N–C) groups is 1. The van der Waals surface area contributed by atoms with Crippen molar-refractivity contribution >= 4 is 17.7 Å². The molecule has 5 nitrogen and oxygen atoms in total. The van der Waals surface area contributed by atoms with Crippen LogP contribution in [0.4, 0.5) is 0 Å². The van der Waals surface area contributed by atoms with E-state index in [1.54, 1.807) is 6.20 Å². The van der Waals surface area contributed by atoms with Gasteiger partial charge in [-0.05, 0) is 37.3 Å². The first kappa shape index (κ1) is 15.5. The lowest BCUT2D eigenvalue weighted by atomic mass is 10.2. The summed E-state index contributed by atoms with van der Waals surface area (Å²) in [4.78, 5) is 11.0. The lowest BCUT2D eigenvalue weighted by molar-refractivity contribution is 0.201. The highest BCUT2D eigenvalue weighted by Crippen LogP contribution is 2.23. The number of ether oxygens (including phenoxy) is 1. The van der Waals surface area contributed by atoms with Crippen LogP contribution in [0.25, 0.3) is 0 Å². The van der Waals surface area contributed by atoms with E-state index < -0.39 is 0 Å². The summed E-state index contributed by atoms with van der Waals surface area (Å²) in [5, 5.41) is 0. The Hall–Kier alpha value is -1.43. The van der Waals surface area contributed by atoms with Crippen LogP contribution in [0.1, 0.15) is 31.2 Å². The Morgan fingerprint density at radius 2 is 2.14 bits per heavy atom. The molecule has 2 heterocycles. The Morgan fingerprint density at radius 3 is 2.91 bits per heavy atom. The van der Waals surface area contributed by atoms with E-state index in [2.05, 4.69) is 14.9 Å². The van der Waals surface area contributed by atoms with Crippen molar-refractivity contribution in [3.8, 4) is 5.88 Å². The maximum Gasteiger partial charge on any atom is 0.213 e. The number of nitrogens with two attached hydrogens (primary N) is 1. The molecule has 6 heteroatoms. The normalized spacial score (nSPS) is 20.4. The molecule has 22 heavy (non-hydrogen) atoms. The van der Waals surface area contributed by atoms with E-state index in [4.69, 9.17) is 10.5 Å². The number of guanidine groups is 1. The van der Waals surface area contributed by atoms with Crippen molar-refractivity contribution in [1.29, 1.82) is 0 Å². The van der Waals surface area contributed by atoms with Crippen LogP contribution in [0, 0.1) is 0 Å². The second-order valence-electron chi connectivity index (χ2n) is 5.80. The van der Waals surface area contributed by atoms with Gasteiger partial charge in [-0.2, -0.15) is 11.8 Å². The topological polar surface area (TPSA) is 63.7 Å². The van der Waals surface area contributed by atoms with Crippen LogP contribution in [0.15, 0.2) is 23.3 Å². The number of rotatable bonds is 4. The minimum absolute atomic E-state index is 0.335. The summed E-state index contributed by atoms with van der Waals surface area (Å²) in [5.41, 5.74) is 7.18. The van der Waals surface area contributed by atoms with Gasteiger partial charge in [0.05, 0.1) is 6.54 Å². The number of thioether (sulfide) groups is 1. The maximum absolute atomic E-state index is 6.09. The molecule has 0 amide bonds. The van der Waals surface area contributed by atoms with Crippen LogP contribution >= 0.6 is 11.8 Å². The largest absolute Gasteiger partial charge is 0.474 e. The molecular weight excluding hydrogens is 296 g/mol. The average molecular weight is 320 g/mol. The molecule has 1 aliphatic carbocycles. The van der Waals surface area contributed by atoms with Crippen molar-refractivity contribution < 1.29 is 4.74 Å². The van der Waals surface area contributed by atoms with Crippen LogP contribution in [0.5, 0.6) is 5.88 Å². The zero-order valence-corrected chi connectivity index (χ0v) is 13.7. The van der Waals surface area contributed by atoms with Crippen LogP contribution in [-0.4, -0.2) is 46.5 Å². The number of pyridine rings is 1. The third-order valence-electron chi connectivity index (χ3n) is 4.15. The zero-order chi connectivity index (χ0) is 15.2. The lowest BCUT2D eigenvalue weighted by Gasteiger charge is -2.27. The summed E-state index contributed by atoms with van der Waals surface area (Å²) < 4.78 is 5.94. The molecule has 2 fully saturated rings. The molecule has 0 bridgehead atoms. The standard InChI is InChI=1S/C16H24N4OS/c17-16(20-7-9-22-10-8-20)19-12-13-5-6-18-15(11-13)21-14-3-1-2-4-14/h5-6,11,14H,1-4,7-10,12H2,(H2,17,19). The van der Waals surface area contributed by atoms with Crippen molar-refractivity contribution in [1.82, 2.24) is 9.88 Å². The first-order valence-corrected chi connectivity index (χ1v) is 9.21. The van der Waals surface area contributed by atoms with Crippen molar-refractivity contribution in [2.24, 2.45) is 10.7 Å². The fraction of sp³-hybridized carbons (Fsp3) is 0.625. The molecule has 3 rings (SSSR count). The summed E-state index contributed by atoms with van der Waals surface area (Å²) in [7, 11) is 0. The Morgan fingerprint density at radius 1 is 1.36 bits per heavy atom. The van der Waals surface area contributed by atoms with E-state index in [1.165, 1.54) is 12.8 Å². The zero-order valence-electron chi connectivity index (χ0n) is 12.9. The molecule has 1 saturated heterocycles. The first-order chi connectivity index (χ1) is 10.8. The van der Waals surface area contributed by atoms with Gasteiger partial charge in [0.25, 0.3) is 0 Å². The van der Waals surface area contributed by atoms with Crippen LogP contribution in [-0.2, 0) is 6.54 Å². The molecular formula is C16H24N4OS. The van der Waals surface area contributed by atoms with E-state index in [9.17, 15) is 0 Å². The molecule has 2 N–H and O–H groups in total. The second kappa shape index (κ2) is 7.72. The summed E-state index contributed by atoms with van der Waals surface area (Å²) in [6.45, 7) is 2.57. The average Bonchev–Trinajstić information content (AvgIpc) is 3.07. The summed E-state index contributed by atoms with van der Waals surface area (Å²) in [6, 6.07) is 3.96. The predicted octanol–water partition coefficient (Wildman–Crippen LogP) is 2.27. The second-order valence-corrected chi connectivity index (χ2v) is 7.03. The minimum Gasteiger partial charge on any atom is -0.474 e. The van der Waals surface area contributed by atoms with Crippen LogP contribution in [0.3, 0.4) is 0 Å². The molecule has 2 aliphatic rings. The highest BCUT2D eigenvalue weighted by Gasteiger charge is 2.17. The molecule has 0 radical (unpaired) electrons. The number of hydrogen-bond donors (Lipinski definition) is 1. The van der Waals surface area contributed by atoms with Gasteiger partial charge in [0.2, 0.25) is 5.88 Å². The fourth-order valence-corrected chi connectivity index (χ4v) is 3.76. The maximum atomic E-state index is 6.09. The lowest BCUT2D eigenvalue weighted by Crippen LogP contribution is -2.42. The molecule has 1 aromatic heterocycles. The van der Waals surface area contributed by atoms with Crippen molar-refractivity contribution in [3.05, 3.63) is 23.9 Å². The van der Waals surface area contributed by atoms with E-state index >= 15 is 0 Å². The van der Waals surface area contributed by atoms with E-state index in [-0.39, 0.29) is 0 Å². The van der Waals surface area contributed by atoms with Gasteiger partial charge in [-0.3, -0.25) is 0 Å². The summed E-state index contributed by atoms with van der Waals surface area (Å²) in [5.74, 6) is 3.62. The molecule has 1 aliphatic heterocycles. The van der Waals surface area contributed by atoms with Crippen LogP contribution in [0.2, 0.25) is 0 Å². The van der Waals surface area contributed by atoms with Crippen molar-refractivity contribution in [2.45, 2.75) is 38.3 Å². The van der Waals surface area contributed by atoms with E-state index in [0.29, 0.717) is 24.5 Å². The van der Waals surface area contributed by atoms with E-state index in [0.717, 1.165) is 43.0 Å². The fourth-order valence-electron chi connectivity index (χ4n) is 2.85. The Kier molecular flexibility index (Phi) is 5.43. The quantitative estimate of drug-likeness (QED) is 0.681. The third-order valence-corrected chi connectivity index (χ3v) is 5.09. The molecule has 1 aromatic rings. The Balaban J connectivity index is 1.57. The Labute approximate surface area is 136 Å². The number of hydrogen-bond acceptors (Lipinski definition) is 4. The van der Waals surface area contributed by atoms with Gasteiger partial charge in [0, 0.05) is 36.9 Å². The highest BCUT2D eigenvalue weighted by atomic mass is 32.2. The van der Waals surface area contributed by atoms with Gasteiger partial charge in [-0.1, -0.05) is 0 Å². The van der Waals surface area contributed by atoms with Crippen molar-refractivity contribution in [2.75, 3.05) is 24.6 Å². The number of nitrogens with zero attached hydrogens (tertiary/aromatic N) is 3. The van der Waals surface area contributed by atoms with Crippen molar-refractivity contribution in [3.63, 3.8) is 0 Å². The van der Waals surface area contributed by atoms with Gasteiger partial charge in [0.1, 0.15) is 6.10 Å². The molecule has 0 atom stereocenters. The predicted molar refractivity (Wildman–Crippen MR) is 91.3 cm³/mol. The van der Waals surface area contributed by atoms with Crippen LogP contribution < -0.4 is 10.5 Å². The van der Waals surface area contributed by atoms with Gasteiger partial charge < -0.3 is 15.4 Å². The first-order valence-electron chi connectivity index (χ1n) is 8.05. The van der Waals surface area contributed by atoms with Gasteiger partial charge in [0.15, 0.2) is 5.96 Å². The summed E-state index contributed by atoms with van der Waals surface area (Å²) >= 11 is 1.97. The molecule has 1 saturated carbocycles. The molecule has 0 spiro atoms. The molecule has 120 valence electrons. The number of aromatic nitrogens is 1. The van der Waals surface area contributed by atoms with E-state index in [1.807, 2.05) is 23.9 Å². The molecule has 0 aromatic carbocycles. The minimum atomic E-state index is 0.335. The van der Waals surface area contributed by atoms with Gasteiger partial charge in [-0.25, -0.2) is 9.98 Å². The Bertz CT molecular complexity index is 511. The highest BCUT2D eigenvalue weighted by molar-refractivity contribution is 7.99. The SMILES string of the molecule is NC(=NCc1ccnc(OC2CCCC2)c1)N1CCSCC1. The third kappa shape index (κ3) is 4.29. The monoisotopic (exact) mass is 320 g/mol. The van der Waals surface area contributed by atoms with Gasteiger partial charge in [-0.15, -0.1) is 0 Å². The summed E-state index contributed by atoms with van der Waals surface area (Å²) in [6.07, 6.45) is 6.94. The van der Waals surface area contributed by atoms with Gasteiger partial charge >= 0.3 is 0 Å². The molecule has 0 unspecified atom stereocenters.